The smallest absolute Gasteiger partial charge is 0.259 e. The monoisotopic (exact) mass is 390 g/mol. The van der Waals surface area contributed by atoms with Crippen molar-refractivity contribution in [1.29, 1.82) is 0 Å². The number of nitrogens with zero attached hydrogens (tertiary/aromatic N) is 1. The van der Waals surface area contributed by atoms with Crippen molar-refractivity contribution >= 4 is 33.4 Å². The fourth-order valence-corrected chi connectivity index (χ4v) is 2.17. The van der Waals surface area contributed by atoms with Crippen LogP contribution >= 0.6 is 15.9 Å². The normalized spacial score (nSPS) is 10.1. The van der Waals surface area contributed by atoms with Gasteiger partial charge in [0, 0.05) is 24.3 Å². The van der Waals surface area contributed by atoms with Crippen molar-refractivity contribution in [3.63, 3.8) is 0 Å². The summed E-state index contributed by atoms with van der Waals surface area (Å²) in [6, 6.07) is 14.6. The number of hydrogen-bond donors (Lipinski definition) is 1. The van der Waals surface area contributed by atoms with Crippen LogP contribution in [0, 0.1) is 0 Å². The Morgan fingerprint density at radius 1 is 1.04 bits per heavy atom. The maximum absolute atomic E-state index is 12.0. The molecule has 0 fully saturated rings. The number of anilines is 1. The summed E-state index contributed by atoms with van der Waals surface area (Å²) in [7, 11) is 3.35. The fourth-order valence-electron chi connectivity index (χ4n) is 1.90. The van der Waals surface area contributed by atoms with Gasteiger partial charge in [0.25, 0.3) is 5.91 Å². The number of benzene rings is 2. The van der Waals surface area contributed by atoms with Crippen LogP contribution in [0.2, 0.25) is 0 Å². The summed E-state index contributed by atoms with van der Waals surface area (Å²) in [5.74, 6) is 0.381. The molecule has 5 nitrogen and oxygen atoms in total. The van der Waals surface area contributed by atoms with E-state index < -0.39 is 0 Å². The number of halogens is 1. The Balaban J connectivity index is 1.85. The molecule has 0 saturated carbocycles. The molecular weight excluding hydrogens is 372 g/mol. The quantitative estimate of drug-likeness (QED) is 0.824. The third-order valence-corrected chi connectivity index (χ3v) is 3.81. The second kappa shape index (κ2) is 8.49. The van der Waals surface area contributed by atoms with Crippen molar-refractivity contribution in [2.24, 2.45) is 0 Å². The average Bonchev–Trinajstić information content (AvgIpc) is 2.56. The van der Waals surface area contributed by atoms with Gasteiger partial charge in [-0.05, 0) is 42.0 Å². The van der Waals surface area contributed by atoms with E-state index in [4.69, 9.17) is 4.74 Å². The second-order valence-electron chi connectivity index (χ2n) is 5.45. The van der Waals surface area contributed by atoms with Crippen molar-refractivity contribution in [2.45, 2.75) is 6.42 Å². The van der Waals surface area contributed by atoms with Gasteiger partial charge in [-0.1, -0.05) is 28.1 Å². The highest BCUT2D eigenvalue weighted by Gasteiger charge is 2.06. The van der Waals surface area contributed by atoms with Gasteiger partial charge in [-0.15, -0.1) is 0 Å². The topological polar surface area (TPSA) is 58.6 Å². The molecule has 0 unspecified atom stereocenters. The zero-order chi connectivity index (χ0) is 17.5. The minimum Gasteiger partial charge on any atom is -0.484 e. The van der Waals surface area contributed by atoms with Crippen LogP contribution in [0.1, 0.15) is 5.56 Å². The molecule has 0 aliphatic carbocycles. The van der Waals surface area contributed by atoms with Gasteiger partial charge in [0.05, 0.1) is 6.42 Å². The summed E-state index contributed by atoms with van der Waals surface area (Å²) >= 11 is 3.37. The molecule has 0 saturated heterocycles. The minimum atomic E-state index is -0.109. The second-order valence-corrected chi connectivity index (χ2v) is 6.37. The van der Waals surface area contributed by atoms with Gasteiger partial charge >= 0.3 is 0 Å². The average molecular weight is 391 g/mol. The highest BCUT2D eigenvalue weighted by Crippen LogP contribution is 2.16. The van der Waals surface area contributed by atoms with Crippen molar-refractivity contribution < 1.29 is 14.3 Å². The predicted molar refractivity (Wildman–Crippen MR) is 97.1 cm³/mol. The third-order valence-electron chi connectivity index (χ3n) is 3.28. The molecular formula is C18H19BrN2O3. The van der Waals surface area contributed by atoms with E-state index in [1.165, 1.54) is 4.90 Å². The summed E-state index contributed by atoms with van der Waals surface area (Å²) < 4.78 is 6.37. The van der Waals surface area contributed by atoms with Crippen LogP contribution in [-0.4, -0.2) is 37.4 Å². The minimum absolute atomic E-state index is 0.0116. The molecule has 24 heavy (non-hydrogen) atoms. The summed E-state index contributed by atoms with van der Waals surface area (Å²) in [6.07, 6.45) is 0.308. The number of carbonyl (C=O) groups is 2. The molecule has 0 aliphatic rings. The van der Waals surface area contributed by atoms with E-state index >= 15 is 0 Å². The highest BCUT2D eigenvalue weighted by atomic mass is 79.9. The molecule has 0 bridgehead atoms. The maximum Gasteiger partial charge on any atom is 0.259 e. The van der Waals surface area contributed by atoms with Crippen LogP contribution in [0.15, 0.2) is 53.0 Å². The Morgan fingerprint density at radius 2 is 1.67 bits per heavy atom. The Kier molecular flexibility index (Phi) is 6.37. The zero-order valence-electron chi connectivity index (χ0n) is 13.6. The van der Waals surface area contributed by atoms with Gasteiger partial charge in [0.2, 0.25) is 5.91 Å². The summed E-state index contributed by atoms with van der Waals surface area (Å²) in [6.45, 7) is -0.0116. The van der Waals surface area contributed by atoms with Crippen LogP contribution in [0.25, 0.3) is 0 Å². The molecule has 2 amide bonds. The molecule has 126 valence electrons. The van der Waals surface area contributed by atoms with Crippen LogP contribution < -0.4 is 10.1 Å². The van der Waals surface area contributed by atoms with E-state index in [2.05, 4.69) is 21.2 Å². The van der Waals surface area contributed by atoms with Gasteiger partial charge < -0.3 is 15.0 Å². The Labute approximate surface area is 149 Å². The van der Waals surface area contributed by atoms with E-state index in [-0.39, 0.29) is 18.4 Å². The van der Waals surface area contributed by atoms with Gasteiger partial charge in [0.1, 0.15) is 5.75 Å². The number of carbonyl (C=O) groups excluding carboxylic acids is 2. The Morgan fingerprint density at radius 3 is 2.25 bits per heavy atom. The van der Waals surface area contributed by atoms with Gasteiger partial charge in [0.15, 0.2) is 6.61 Å². The third kappa shape index (κ3) is 5.70. The number of rotatable bonds is 6. The first kappa shape index (κ1) is 18.0. The molecule has 6 heteroatoms. The Hall–Kier alpha value is -2.34. The lowest BCUT2D eigenvalue weighted by Gasteiger charge is -2.11. The number of amides is 2. The molecule has 0 aromatic heterocycles. The lowest BCUT2D eigenvalue weighted by atomic mass is 10.1. The van der Waals surface area contributed by atoms with Crippen LogP contribution in [0.4, 0.5) is 5.69 Å². The van der Waals surface area contributed by atoms with E-state index in [0.29, 0.717) is 17.9 Å². The molecule has 2 aromatic carbocycles. The van der Waals surface area contributed by atoms with E-state index in [0.717, 1.165) is 10.0 Å². The SMILES string of the molecule is CN(C)C(=O)COc1ccc(NC(=O)Cc2ccc(Br)cc2)cc1. The molecule has 0 aliphatic heterocycles. The molecule has 2 aromatic rings. The molecule has 0 radical (unpaired) electrons. The van der Waals surface area contributed by atoms with Crippen molar-refractivity contribution in [1.82, 2.24) is 4.90 Å². The van der Waals surface area contributed by atoms with Crippen LogP contribution in [-0.2, 0) is 16.0 Å². The highest BCUT2D eigenvalue weighted by molar-refractivity contribution is 9.10. The van der Waals surface area contributed by atoms with E-state index in [9.17, 15) is 9.59 Å². The summed E-state index contributed by atoms with van der Waals surface area (Å²) in [5.41, 5.74) is 1.63. The maximum atomic E-state index is 12.0. The van der Waals surface area contributed by atoms with E-state index in [1.54, 1.807) is 38.4 Å². The Bertz CT molecular complexity index is 697. The van der Waals surface area contributed by atoms with Gasteiger partial charge in [-0.2, -0.15) is 0 Å². The van der Waals surface area contributed by atoms with Gasteiger partial charge in [-0.3, -0.25) is 9.59 Å². The first-order chi connectivity index (χ1) is 11.4. The lowest BCUT2D eigenvalue weighted by molar-refractivity contribution is -0.130. The number of hydrogen-bond acceptors (Lipinski definition) is 3. The summed E-state index contributed by atoms with van der Waals surface area (Å²) in [4.78, 5) is 25.0. The fraction of sp³-hybridized carbons (Fsp3) is 0.222. The molecule has 1 N–H and O–H groups in total. The van der Waals surface area contributed by atoms with Crippen LogP contribution in [0.5, 0.6) is 5.75 Å². The first-order valence-electron chi connectivity index (χ1n) is 7.41. The predicted octanol–water partition coefficient (Wildman–Crippen LogP) is 3.10. The molecule has 0 atom stereocenters. The largest absolute Gasteiger partial charge is 0.484 e. The molecule has 0 spiro atoms. The van der Waals surface area contributed by atoms with Crippen molar-refractivity contribution in [3.8, 4) is 5.75 Å². The zero-order valence-corrected chi connectivity index (χ0v) is 15.2. The van der Waals surface area contributed by atoms with Gasteiger partial charge in [-0.25, -0.2) is 0 Å². The van der Waals surface area contributed by atoms with E-state index in [1.807, 2.05) is 24.3 Å². The number of likely N-dealkylation sites (N-methyl/N-ethyl adjacent to an activating group) is 1. The van der Waals surface area contributed by atoms with Crippen molar-refractivity contribution in [2.75, 3.05) is 26.0 Å². The van der Waals surface area contributed by atoms with Crippen molar-refractivity contribution in [3.05, 3.63) is 58.6 Å². The number of nitrogens with one attached hydrogen (secondary N) is 1. The lowest BCUT2D eigenvalue weighted by Crippen LogP contribution is -2.27. The molecule has 0 heterocycles. The number of ether oxygens (including phenoxy) is 1. The summed E-state index contributed by atoms with van der Waals surface area (Å²) in [5, 5.41) is 2.83. The van der Waals surface area contributed by atoms with Crippen LogP contribution in [0.3, 0.4) is 0 Å². The molecule has 2 rings (SSSR count). The first-order valence-corrected chi connectivity index (χ1v) is 8.20. The standard InChI is InChI=1S/C18H19BrN2O3/c1-21(2)18(23)12-24-16-9-7-15(8-10-16)20-17(22)11-13-3-5-14(19)6-4-13/h3-10H,11-12H2,1-2H3,(H,20,22).